The first-order valence-electron chi connectivity index (χ1n) is 16.2. The number of aromatic nitrogens is 4. The van der Waals surface area contributed by atoms with Crippen molar-refractivity contribution in [3.05, 3.63) is 149 Å². The van der Waals surface area contributed by atoms with E-state index in [1.54, 1.807) is 9.70 Å². The van der Waals surface area contributed by atoms with Crippen molar-refractivity contribution in [3.63, 3.8) is 0 Å². The minimum atomic E-state index is -0.784. The van der Waals surface area contributed by atoms with Gasteiger partial charge < -0.3 is 9.80 Å². The van der Waals surface area contributed by atoms with Gasteiger partial charge in [0.2, 0.25) is 5.91 Å². The maximum absolute atomic E-state index is 14.2. The minimum Gasteiger partial charge on any atom is -0.348 e. The smallest absolute Gasteiger partial charge is 0.237 e. The summed E-state index contributed by atoms with van der Waals surface area (Å²) in [6, 6.07) is 41.5. The molecule has 1 fully saturated rings. The van der Waals surface area contributed by atoms with Crippen LogP contribution in [0.2, 0.25) is 0 Å². The van der Waals surface area contributed by atoms with Gasteiger partial charge in [-0.25, -0.2) is 0 Å². The number of carbonyl (C=O) groups is 1. The number of hydrogen-bond donors (Lipinski definition) is 0. The van der Waals surface area contributed by atoms with E-state index in [9.17, 15) is 4.79 Å². The van der Waals surface area contributed by atoms with Crippen LogP contribution in [0.5, 0.6) is 0 Å². The molecule has 47 heavy (non-hydrogen) atoms. The Bertz CT molecular complexity index is 1670. The molecule has 1 aromatic heterocycles. The minimum absolute atomic E-state index is 0. The Morgan fingerprint density at radius 1 is 0.745 bits per heavy atom. The Hall–Kier alpha value is -4.62. The number of rotatable bonds is 10. The lowest BCUT2D eigenvalue weighted by atomic mass is 9.70. The second-order valence-corrected chi connectivity index (χ2v) is 13.2. The van der Waals surface area contributed by atoms with Gasteiger partial charge in [0.25, 0.3) is 0 Å². The summed E-state index contributed by atoms with van der Waals surface area (Å²) >= 11 is 0. The molecule has 2 heterocycles. The van der Waals surface area contributed by atoms with Crippen molar-refractivity contribution in [3.8, 4) is 0 Å². The van der Waals surface area contributed by atoms with Gasteiger partial charge in [0.1, 0.15) is 11.0 Å². The molecule has 1 amide bonds. The van der Waals surface area contributed by atoms with Crippen LogP contribution in [0.25, 0.3) is 0 Å². The summed E-state index contributed by atoms with van der Waals surface area (Å²) in [6.07, 6.45) is 2.40. The standard InChI is InChI=1S/C39H44N6O.CH4/c1-37(2,31-17-9-5-10-18-31)45-41-35(40-42-45)38(32-19-11-6-12-20-32)25-28-44(29-26-38)30-27-39(36(46)43(3)4,33-21-13-7-14-22-33)34-23-15-8-16-24-34;/h5-24H,25-30H2,1-4H3;1H4. The monoisotopic (exact) mass is 628 g/mol. The van der Waals surface area contributed by atoms with Gasteiger partial charge in [-0.3, -0.25) is 4.79 Å². The number of piperidine rings is 1. The van der Waals surface area contributed by atoms with Crippen LogP contribution in [-0.2, 0) is 21.2 Å². The molecule has 7 heteroatoms. The van der Waals surface area contributed by atoms with Crippen LogP contribution in [0, 0.1) is 0 Å². The highest BCUT2D eigenvalue weighted by molar-refractivity contribution is 5.92. The number of hydrogen-bond acceptors (Lipinski definition) is 5. The molecule has 244 valence electrons. The summed E-state index contributed by atoms with van der Waals surface area (Å²) in [6.45, 7) is 6.77. The molecule has 0 aliphatic carbocycles. The summed E-state index contributed by atoms with van der Waals surface area (Å²) in [5.74, 6) is 0.871. The molecule has 7 nitrogen and oxygen atoms in total. The summed E-state index contributed by atoms with van der Waals surface area (Å²) in [5.41, 5.74) is 2.83. The van der Waals surface area contributed by atoms with E-state index in [1.807, 2.05) is 68.7 Å². The van der Waals surface area contributed by atoms with Crippen molar-refractivity contribution in [1.82, 2.24) is 30.0 Å². The topological polar surface area (TPSA) is 67.2 Å². The van der Waals surface area contributed by atoms with Crippen molar-refractivity contribution >= 4 is 5.91 Å². The molecule has 0 unspecified atom stereocenters. The number of likely N-dealkylation sites (N-methyl/N-ethyl adjacent to an activating group) is 1. The third-order valence-electron chi connectivity index (χ3n) is 9.97. The van der Waals surface area contributed by atoms with Gasteiger partial charge in [-0.2, -0.15) is 4.80 Å². The van der Waals surface area contributed by atoms with E-state index in [2.05, 4.69) is 90.7 Å². The molecular weight excluding hydrogens is 580 g/mol. The van der Waals surface area contributed by atoms with E-state index in [-0.39, 0.29) is 18.7 Å². The first-order valence-corrected chi connectivity index (χ1v) is 16.2. The number of tetrazole rings is 1. The van der Waals surface area contributed by atoms with Crippen LogP contribution in [0.3, 0.4) is 0 Å². The second kappa shape index (κ2) is 14.0. The van der Waals surface area contributed by atoms with Gasteiger partial charge in [-0.15, -0.1) is 10.2 Å². The molecule has 0 bridgehead atoms. The third-order valence-corrected chi connectivity index (χ3v) is 9.97. The van der Waals surface area contributed by atoms with Crippen molar-refractivity contribution in [2.45, 2.75) is 56.9 Å². The van der Waals surface area contributed by atoms with Crippen molar-refractivity contribution in [1.29, 1.82) is 0 Å². The van der Waals surface area contributed by atoms with Gasteiger partial charge in [-0.1, -0.05) is 129 Å². The molecule has 0 radical (unpaired) electrons. The number of nitrogens with zero attached hydrogens (tertiary/aromatic N) is 6. The van der Waals surface area contributed by atoms with Crippen LogP contribution >= 0.6 is 0 Å². The highest BCUT2D eigenvalue weighted by atomic mass is 16.2. The van der Waals surface area contributed by atoms with E-state index in [0.717, 1.165) is 55.0 Å². The molecule has 5 aromatic rings. The van der Waals surface area contributed by atoms with E-state index in [0.29, 0.717) is 6.42 Å². The zero-order valence-electron chi connectivity index (χ0n) is 27.4. The van der Waals surface area contributed by atoms with E-state index >= 15 is 0 Å². The van der Waals surface area contributed by atoms with E-state index < -0.39 is 11.0 Å². The largest absolute Gasteiger partial charge is 0.348 e. The maximum Gasteiger partial charge on any atom is 0.237 e. The fourth-order valence-electron chi connectivity index (χ4n) is 7.12. The lowest BCUT2D eigenvalue weighted by Gasteiger charge is -2.42. The molecule has 0 atom stereocenters. The molecule has 1 aliphatic rings. The first kappa shape index (κ1) is 33.7. The number of carbonyl (C=O) groups excluding carboxylic acids is 1. The molecule has 4 aromatic carbocycles. The van der Waals surface area contributed by atoms with Crippen LogP contribution in [-0.4, -0.2) is 69.6 Å². The predicted octanol–water partition coefficient (Wildman–Crippen LogP) is 6.94. The third kappa shape index (κ3) is 6.37. The average molecular weight is 629 g/mol. The molecule has 1 aliphatic heterocycles. The quantitative estimate of drug-likeness (QED) is 0.168. The van der Waals surface area contributed by atoms with Crippen LogP contribution in [0.4, 0.5) is 0 Å². The van der Waals surface area contributed by atoms with Crippen LogP contribution in [0.15, 0.2) is 121 Å². The number of amides is 1. The average Bonchev–Trinajstić information content (AvgIpc) is 3.63. The fourth-order valence-corrected chi connectivity index (χ4v) is 7.12. The Kier molecular flexibility index (Phi) is 10.1. The Balaban J connectivity index is 0.00000433. The summed E-state index contributed by atoms with van der Waals surface area (Å²) in [5, 5.41) is 14.4. The molecular formula is C40H48N6O. The molecule has 0 saturated carbocycles. The fraction of sp³-hybridized carbons (Fsp3) is 0.350. The normalized spacial score (nSPS) is 15.1. The molecule has 0 N–H and O–H groups in total. The summed E-state index contributed by atoms with van der Waals surface area (Å²) in [4.78, 5) is 20.2. The molecule has 0 spiro atoms. The molecule has 1 saturated heterocycles. The van der Waals surface area contributed by atoms with Gasteiger partial charge in [0.05, 0.1) is 5.41 Å². The highest BCUT2D eigenvalue weighted by Gasteiger charge is 2.45. The van der Waals surface area contributed by atoms with Crippen molar-refractivity contribution < 1.29 is 4.79 Å². The highest BCUT2D eigenvalue weighted by Crippen LogP contribution is 2.42. The Morgan fingerprint density at radius 3 is 1.70 bits per heavy atom. The van der Waals surface area contributed by atoms with Crippen molar-refractivity contribution in [2.24, 2.45) is 0 Å². The van der Waals surface area contributed by atoms with Crippen molar-refractivity contribution in [2.75, 3.05) is 33.7 Å². The summed E-state index contributed by atoms with van der Waals surface area (Å²) < 4.78 is 0. The second-order valence-electron chi connectivity index (χ2n) is 13.2. The lowest BCUT2D eigenvalue weighted by molar-refractivity contribution is -0.133. The van der Waals surface area contributed by atoms with Crippen LogP contribution in [0.1, 0.15) is 68.6 Å². The van der Waals surface area contributed by atoms with E-state index in [4.69, 9.17) is 10.2 Å². The first-order chi connectivity index (χ1) is 22.3. The zero-order chi connectivity index (χ0) is 32.2. The Morgan fingerprint density at radius 2 is 1.21 bits per heavy atom. The predicted molar refractivity (Wildman–Crippen MR) is 189 cm³/mol. The van der Waals surface area contributed by atoms with E-state index in [1.165, 1.54) is 5.56 Å². The summed E-state index contributed by atoms with van der Waals surface area (Å²) in [7, 11) is 3.72. The van der Waals surface area contributed by atoms with Gasteiger partial charge in [-0.05, 0) is 80.2 Å². The SMILES string of the molecule is C.CN(C)C(=O)C(CCN1CCC(c2ccccc2)(c2nnn(C(C)(C)c3ccccc3)n2)CC1)(c1ccccc1)c1ccccc1. The van der Waals surface area contributed by atoms with Gasteiger partial charge >= 0.3 is 0 Å². The molecule has 6 rings (SSSR count). The number of benzene rings is 4. The lowest BCUT2D eigenvalue weighted by Crippen LogP contribution is -2.49. The van der Waals surface area contributed by atoms with Crippen LogP contribution < -0.4 is 0 Å². The Labute approximate surface area is 280 Å². The maximum atomic E-state index is 14.2. The van der Waals surface area contributed by atoms with Gasteiger partial charge in [0, 0.05) is 14.1 Å². The zero-order valence-corrected chi connectivity index (χ0v) is 27.4. The van der Waals surface area contributed by atoms with Gasteiger partial charge in [0.15, 0.2) is 5.82 Å². The number of likely N-dealkylation sites (tertiary alicyclic amines) is 1.